The van der Waals surface area contributed by atoms with E-state index in [1.54, 1.807) is 0 Å². The summed E-state index contributed by atoms with van der Waals surface area (Å²) in [6.45, 7) is 6.35. The predicted molar refractivity (Wildman–Crippen MR) is 68.9 cm³/mol. The molecule has 2 N–H and O–H groups in total. The lowest BCUT2D eigenvalue weighted by Crippen LogP contribution is -2.38. The molecular weight excluding hydrogens is 214 g/mol. The molecule has 0 aromatic carbocycles. The van der Waals surface area contributed by atoms with Crippen LogP contribution in [0.1, 0.15) is 32.1 Å². The number of carbonyl (C=O) groups is 1. The van der Waals surface area contributed by atoms with Gasteiger partial charge in [-0.05, 0) is 51.4 Å². The van der Waals surface area contributed by atoms with Crippen molar-refractivity contribution >= 4 is 5.91 Å². The van der Waals surface area contributed by atoms with Gasteiger partial charge in [0.15, 0.2) is 0 Å². The van der Waals surface area contributed by atoms with E-state index in [0.29, 0.717) is 12.3 Å². The van der Waals surface area contributed by atoms with Crippen LogP contribution in [0.25, 0.3) is 0 Å². The van der Waals surface area contributed by atoms with E-state index in [1.165, 1.54) is 32.4 Å². The summed E-state index contributed by atoms with van der Waals surface area (Å²) in [5.74, 6) is 0.792. The highest BCUT2D eigenvalue weighted by molar-refractivity contribution is 5.76. The van der Waals surface area contributed by atoms with Gasteiger partial charge in [-0.2, -0.15) is 0 Å². The summed E-state index contributed by atoms with van der Waals surface area (Å²) in [5, 5.41) is 6.35. The van der Waals surface area contributed by atoms with Crippen LogP contribution in [0.4, 0.5) is 0 Å². The topological polar surface area (TPSA) is 44.4 Å². The largest absolute Gasteiger partial charge is 0.355 e. The number of hydrogen-bond acceptors (Lipinski definition) is 3. The third kappa shape index (κ3) is 4.64. The fourth-order valence-corrected chi connectivity index (χ4v) is 2.76. The standard InChI is InChI=1S/C13H25N3O/c17-13(10-12-4-5-14-11-12)15-6-9-16-7-2-1-3-8-16/h12,14H,1-11H2,(H,15,17). The van der Waals surface area contributed by atoms with Gasteiger partial charge in [0.05, 0.1) is 0 Å². The minimum atomic E-state index is 0.232. The van der Waals surface area contributed by atoms with E-state index < -0.39 is 0 Å². The van der Waals surface area contributed by atoms with Crippen molar-refractivity contribution in [2.75, 3.05) is 39.3 Å². The van der Waals surface area contributed by atoms with E-state index in [0.717, 1.165) is 32.6 Å². The Morgan fingerprint density at radius 2 is 2.12 bits per heavy atom. The summed E-state index contributed by atoms with van der Waals surface area (Å²) in [6.07, 6.45) is 5.87. The van der Waals surface area contributed by atoms with Crippen molar-refractivity contribution in [1.82, 2.24) is 15.5 Å². The molecule has 2 heterocycles. The van der Waals surface area contributed by atoms with E-state index >= 15 is 0 Å². The van der Waals surface area contributed by atoms with Crippen molar-refractivity contribution in [3.8, 4) is 0 Å². The Morgan fingerprint density at radius 1 is 1.29 bits per heavy atom. The van der Waals surface area contributed by atoms with Crippen molar-refractivity contribution < 1.29 is 4.79 Å². The maximum absolute atomic E-state index is 11.7. The van der Waals surface area contributed by atoms with E-state index in [-0.39, 0.29) is 5.91 Å². The van der Waals surface area contributed by atoms with E-state index in [1.807, 2.05) is 0 Å². The Balaban J connectivity index is 1.53. The molecule has 0 aromatic heterocycles. The SMILES string of the molecule is O=C(CC1CCNC1)NCCN1CCCCC1. The van der Waals surface area contributed by atoms with Crippen molar-refractivity contribution in [1.29, 1.82) is 0 Å². The van der Waals surface area contributed by atoms with Crippen molar-refractivity contribution in [3.05, 3.63) is 0 Å². The molecular formula is C13H25N3O. The van der Waals surface area contributed by atoms with Gasteiger partial charge in [0.1, 0.15) is 0 Å². The summed E-state index contributed by atoms with van der Waals surface area (Å²) in [4.78, 5) is 14.1. The van der Waals surface area contributed by atoms with Crippen LogP contribution in [0, 0.1) is 5.92 Å². The number of hydrogen-bond donors (Lipinski definition) is 2. The number of piperidine rings is 1. The fraction of sp³-hybridized carbons (Fsp3) is 0.923. The maximum Gasteiger partial charge on any atom is 0.220 e. The highest BCUT2D eigenvalue weighted by Crippen LogP contribution is 2.11. The molecule has 0 saturated carbocycles. The molecule has 17 heavy (non-hydrogen) atoms. The highest BCUT2D eigenvalue weighted by Gasteiger charge is 2.17. The van der Waals surface area contributed by atoms with Gasteiger partial charge in [-0.1, -0.05) is 6.42 Å². The number of nitrogens with one attached hydrogen (secondary N) is 2. The van der Waals surface area contributed by atoms with Crippen LogP contribution in [0.2, 0.25) is 0 Å². The number of nitrogens with zero attached hydrogens (tertiary/aromatic N) is 1. The quantitative estimate of drug-likeness (QED) is 0.738. The number of rotatable bonds is 5. The first-order valence-corrected chi connectivity index (χ1v) is 7.04. The molecule has 1 amide bonds. The van der Waals surface area contributed by atoms with Gasteiger partial charge in [-0.3, -0.25) is 4.79 Å². The Morgan fingerprint density at radius 3 is 2.82 bits per heavy atom. The molecule has 0 spiro atoms. The van der Waals surface area contributed by atoms with Crippen LogP contribution in [-0.2, 0) is 4.79 Å². The van der Waals surface area contributed by atoms with Crippen molar-refractivity contribution in [2.45, 2.75) is 32.1 Å². The summed E-state index contributed by atoms with van der Waals surface area (Å²) in [5.41, 5.74) is 0. The zero-order chi connectivity index (χ0) is 11.9. The van der Waals surface area contributed by atoms with Crippen LogP contribution < -0.4 is 10.6 Å². The third-order valence-electron chi connectivity index (χ3n) is 3.84. The van der Waals surface area contributed by atoms with Gasteiger partial charge < -0.3 is 15.5 Å². The zero-order valence-electron chi connectivity index (χ0n) is 10.7. The zero-order valence-corrected chi connectivity index (χ0v) is 10.7. The maximum atomic E-state index is 11.7. The molecule has 1 unspecified atom stereocenters. The van der Waals surface area contributed by atoms with Crippen LogP contribution >= 0.6 is 0 Å². The molecule has 0 aromatic rings. The Hall–Kier alpha value is -0.610. The highest BCUT2D eigenvalue weighted by atomic mass is 16.1. The lowest BCUT2D eigenvalue weighted by molar-refractivity contribution is -0.121. The lowest BCUT2D eigenvalue weighted by atomic mass is 10.0. The monoisotopic (exact) mass is 239 g/mol. The van der Waals surface area contributed by atoms with E-state index in [2.05, 4.69) is 15.5 Å². The van der Waals surface area contributed by atoms with Gasteiger partial charge in [0, 0.05) is 19.5 Å². The lowest BCUT2D eigenvalue weighted by Gasteiger charge is -2.26. The molecule has 0 aliphatic carbocycles. The molecule has 2 rings (SSSR count). The Bertz CT molecular complexity index is 233. The molecule has 4 nitrogen and oxygen atoms in total. The molecule has 2 aliphatic heterocycles. The number of amides is 1. The summed E-state index contributed by atoms with van der Waals surface area (Å²) in [7, 11) is 0. The second-order valence-electron chi connectivity index (χ2n) is 5.32. The van der Waals surface area contributed by atoms with Gasteiger partial charge in [-0.15, -0.1) is 0 Å². The summed E-state index contributed by atoms with van der Waals surface area (Å²) in [6, 6.07) is 0. The van der Waals surface area contributed by atoms with Gasteiger partial charge >= 0.3 is 0 Å². The molecule has 0 bridgehead atoms. The molecule has 0 radical (unpaired) electrons. The van der Waals surface area contributed by atoms with Crippen LogP contribution in [-0.4, -0.2) is 50.1 Å². The van der Waals surface area contributed by atoms with E-state index in [4.69, 9.17) is 0 Å². The normalized spacial score (nSPS) is 26.0. The number of carbonyl (C=O) groups excluding carboxylic acids is 1. The molecule has 4 heteroatoms. The average Bonchev–Trinajstić information content (AvgIpc) is 2.83. The molecule has 2 fully saturated rings. The minimum absolute atomic E-state index is 0.232. The van der Waals surface area contributed by atoms with Crippen molar-refractivity contribution in [3.63, 3.8) is 0 Å². The molecule has 98 valence electrons. The first-order valence-electron chi connectivity index (χ1n) is 7.04. The summed E-state index contributed by atoms with van der Waals surface area (Å²) >= 11 is 0. The van der Waals surface area contributed by atoms with Gasteiger partial charge in [0.2, 0.25) is 5.91 Å². The van der Waals surface area contributed by atoms with E-state index in [9.17, 15) is 4.79 Å². The molecule has 1 atom stereocenters. The second kappa shape index (κ2) is 6.97. The van der Waals surface area contributed by atoms with Gasteiger partial charge in [0.25, 0.3) is 0 Å². The molecule has 2 saturated heterocycles. The Kier molecular flexibility index (Phi) is 5.26. The predicted octanol–water partition coefficient (Wildman–Crippen LogP) is 0.588. The third-order valence-corrected chi connectivity index (χ3v) is 3.84. The smallest absolute Gasteiger partial charge is 0.220 e. The van der Waals surface area contributed by atoms with Crippen LogP contribution in [0.5, 0.6) is 0 Å². The van der Waals surface area contributed by atoms with Crippen LogP contribution in [0.3, 0.4) is 0 Å². The fourth-order valence-electron chi connectivity index (χ4n) is 2.76. The average molecular weight is 239 g/mol. The van der Waals surface area contributed by atoms with Crippen molar-refractivity contribution in [2.24, 2.45) is 5.92 Å². The molecule has 2 aliphatic rings. The summed E-state index contributed by atoms with van der Waals surface area (Å²) < 4.78 is 0. The first kappa shape index (κ1) is 12.8. The minimum Gasteiger partial charge on any atom is -0.355 e. The second-order valence-corrected chi connectivity index (χ2v) is 5.32. The van der Waals surface area contributed by atoms with Crippen LogP contribution in [0.15, 0.2) is 0 Å². The number of likely N-dealkylation sites (tertiary alicyclic amines) is 1. The van der Waals surface area contributed by atoms with Gasteiger partial charge in [-0.25, -0.2) is 0 Å². The first-order chi connectivity index (χ1) is 8.34. The Labute approximate surface area is 104 Å².